The van der Waals surface area contributed by atoms with Crippen LogP contribution < -0.4 is 4.90 Å². The highest BCUT2D eigenvalue weighted by Crippen LogP contribution is 2.14. The zero-order chi connectivity index (χ0) is 16.2. The van der Waals surface area contributed by atoms with Crippen molar-refractivity contribution in [3.05, 3.63) is 36.8 Å². The van der Waals surface area contributed by atoms with Crippen LogP contribution in [0.25, 0.3) is 0 Å². The van der Waals surface area contributed by atoms with Gasteiger partial charge in [-0.25, -0.2) is 9.97 Å². The zero-order valence-corrected chi connectivity index (χ0v) is 13.6. The molecule has 1 fully saturated rings. The van der Waals surface area contributed by atoms with Gasteiger partial charge >= 0.3 is 0 Å². The van der Waals surface area contributed by atoms with E-state index in [4.69, 9.17) is 0 Å². The Morgan fingerprint density at radius 3 is 2.57 bits per heavy atom. The molecule has 0 radical (unpaired) electrons. The minimum Gasteiger partial charge on any atom is -0.352 e. The van der Waals surface area contributed by atoms with Gasteiger partial charge in [-0.3, -0.25) is 9.78 Å². The van der Waals surface area contributed by atoms with Gasteiger partial charge in [0.25, 0.3) is 0 Å². The lowest BCUT2D eigenvalue weighted by Crippen LogP contribution is -2.49. The average molecular weight is 314 g/mol. The van der Waals surface area contributed by atoms with Gasteiger partial charge in [-0.1, -0.05) is 13.8 Å². The Hall–Kier alpha value is -2.44. The van der Waals surface area contributed by atoms with Crippen LogP contribution in [0.4, 0.5) is 5.82 Å². The second kappa shape index (κ2) is 6.76. The minimum absolute atomic E-state index is 0.142. The molecule has 3 heterocycles. The molecule has 23 heavy (non-hydrogen) atoms. The summed E-state index contributed by atoms with van der Waals surface area (Å²) < 4.78 is 1.95. The maximum absolute atomic E-state index is 12.5. The Morgan fingerprint density at radius 2 is 1.91 bits per heavy atom. The fourth-order valence-electron chi connectivity index (χ4n) is 2.84. The molecule has 0 spiro atoms. The van der Waals surface area contributed by atoms with E-state index in [1.165, 1.54) is 0 Å². The van der Waals surface area contributed by atoms with E-state index in [9.17, 15) is 4.79 Å². The molecule has 1 aliphatic rings. The van der Waals surface area contributed by atoms with Gasteiger partial charge in [0, 0.05) is 56.9 Å². The first-order chi connectivity index (χ1) is 11.1. The number of carbonyl (C=O) groups is 1. The summed E-state index contributed by atoms with van der Waals surface area (Å²) in [7, 11) is 0. The van der Waals surface area contributed by atoms with E-state index >= 15 is 0 Å². The summed E-state index contributed by atoms with van der Waals surface area (Å²) in [5.41, 5.74) is 0. The van der Waals surface area contributed by atoms with E-state index in [0.717, 1.165) is 24.7 Å². The van der Waals surface area contributed by atoms with Crippen molar-refractivity contribution in [2.45, 2.75) is 26.3 Å². The number of hydrogen-bond acceptors (Lipinski definition) is 5. The van der Waals surface area contributed by atoms with Crippen molar-refractivity contribution in [1.29, 1.82) is 0 Å². The molecule has 1 saturated heterocycles. The van der Waals surface area contributed by atoms with Gasteiger partial charge in [-0.05, 0) is 0 Å². The average Bonchev–Trinajstić information content (AvgIpc) is 3.04. The summed E-state index contributed by atoms with van der Waals surface area (Å²) in [4.78, 5) is 29.3. The third-order valence-corrected chi connectivity index (χ3v) is 4.08. The monoisotopic (exact) mass is 314 g/mol. The summed E-state index contributed by atoms with van der Waals surface area (Å²) in [6.45, 7) is 7.52. The highest BCUT2D eigenvalue weighted by atomic mass is 16.2. The zero-order valence-electron chi connectivity index (χ0n) is 13.6. The van der Waals surface area contributed by atoms with E-state index in [0.29, 0.717) is 25.6 Å². The standard InChI is InChI=1S/C16H22N6O/c1-13(2)16-19-5-6-22(16)12-15(23)21-9-7-20(8-10-21)14-11-17-3-4-18-14/h3-6,11,13H,7-10,12H2,1-2H3. The van der Waals surface area contributed by atoms with Crippen LogP contribution in [-0.4, -0.2) is 56.5 Å². The molecule has 7 nitrogen and oxygen atoms in total. The Balaban J connectivity index is 1.57. The summed E-state index contributed by atoms with van der Waals surface area (Å²) in [6.07, 6.45) is 8.76. The molecule has 3 rings (SSSR count). The van der Waals surface area contributed by atoms with Gasteiger partial charge in [0.15, 0.2) is 0 Å². The highest BCUT2D eigenvalue weighted by Gasteiger charge is 2.22. The molecule has 1 aliphatic heterocycles. The quantitative estimate of drug-likeness (QED) is 0.847. The number of imidazole rings is 1. The van der Waals surface area contributed by atoms with E-state index in [-0.39, 0.29) is 5.91 Å². The largest absolute Gasteiger partial charge is 0.352 e. The number of piperazine rings is 1. The molecule has 2 aromatic heterocycles. The minimum atomic E-state index is 0.142. The molecule has 1 amide bonds. The summed E-state index contributed by atoms with van der Waals surface area (Å²) in [5.74, 6) is 2.28. The van der Waals surface area contributed by atoms with E-state index in [1.807, 2.05) is 15.7 Å². The van der Waals surface area contributed by atoms with Gasteiger partial charge in [-0.2, -0.15) is 0 Å². The molecule has 122 valence electrons. The summed E-state index contributed by atoms with van der Waals surface area (Å²) >= 11 is 0. The van der Waals surface area contributed by atoms with Crippen LogP contribution in [0.1, 0.15) is 25.6 Å². The number of amides is 1. The lowest BCUT2D eigenvalue weighted by atomic mass is 10.2. The molecule has 0 N–H and O–H groups in total. The van der Waals surface area contributed by atoms with Gasteiger partial charge in [-0.15, -0.1) is 0 Å². The van der Waals surface area contributed by atoms with Gasteiger partial charge in [0.2, 0.25) is 5.91 Å². The predicted octanol–water partition coefficient (Wildman–Crippen LogP) is 1.15. The van der Waals surface area contributed by atoms with Crippen molar-refractivity contribution >= 4 is 11.7 Å². The number of anilines is 1. The van der Waals surface area contributed by atoms with Crippen molar-refractivity contribution in [1.82, 2.24) is 24.4 Å². The number of aromatic nitrogens is 4. The van der Waals surface area contributed by atoms with Crippen molar-refractivity contribution in [3.63, 3.8) is 0 Å². The molecule has 0 unspecified atom stereocenters. The predicted molar refractivity (Wildman–Crippen MR) is 87.1 cm³/mol. The molecular weight excluding hydrogens is 292 g/mol. The number of carbonyl (C=O) groups excluding carboxylic acids is 1. The van der Waals surface area contributed by atoms with Crippen LogP contribution in [0.5, 0.6) is 0 Å². The van der Waals surface area contributed by atoms with Crippen LogP contribution in [-0.2, 0) is 11.3 Å². The normalized spacial score (nSPS) is 15.3. The number of rotatable bonds is 4. The first-order valence-corrected chi connectivity index (χ1v) is 7.95. The summed E-state index contributed by atoms with van der Waals surface area (Å²) in [5, 5.41) is 0. The number of hydrogen-bond donors (Lipinski definition) is 0. The van der Waals surface area contributed by atoms with Gasteiger partial charge in [0.05, 0.1) is 6.20 Å². The first kappa shape index (κ1) is 15.5. The molecule has 7 heteroatoms. The maximum Gasteiger partial charge on any atom is 0.242 e. The smallest absolute Gasteiger partial charge is 0.242 e. The molecule has 0 bridgehead atoms. The topological polar surface area (TPSA) is 67.2 Å². The SMILES string of the molecule is CC(C)c1nccn1CC(=O)N1CCN(c2cnccn2)CC1. The van der Waals surface area contributed by atoms with Crippen molar-refractivity contribution in [2.24, 2.45) is 0 Å². The van der Waals surface area contributed by atoms with E-state index in [1.54, 1.807) is 24.8 Å². The molecule has 0 atom stereocenters. The molecule has 2 aromatic rings. The fraction of sp³-hybridized carbons (Fsp3) is 0.500. The van der Waals surface area contributed by atoms with Crippen molar-refractivity contribution < 1.29 is 4.79 Å². The Labute approximate surface area is 136 Å². The Bertz CT molecular complexity index is 646. The summed E-state index contributed by atoms with van der Waals surface area (Å²) in [6, 6.07) is 0. The third kappa shape index (κ3) is 3.49. The van der Waals surface area contributed by atoms with E-state index < -0.39 is 0 Å². The lowest BCUT2D eigenvalue weighted by Gasteiger charge is -2.35. The van der Waals surface area contributed by atoms with E-state index in [2.05, 4.69) is 33.7 Å². The second-order valence-electron chi connectivity index (χ2n) is 6.00. The molecule has 0 aliphatic carbocycles. The van der Waals surface area contributed by atoms with Crippen LogP contribution in [0.15, 0.2) is 31.0 Å². The van der Waals surface area contributed by atoms with Crippen molar-refractivity contribution in [2.75, 3.05) is 31.1 Å². The second-order valence-corrected chi connectivity index (χ2v) is 6.00. The van der Waals surface area contributed by atoms with Crippen LogP contribution >= 0.6 is 0 Å². The van der Waals surface area contributed by atoms with Gasteiger partial charge in [0.1, 0.15) is 18.2 Å². The molecular formula is C16H22N6O. The first-order valence-electron chi connectivity index (χ1n) is 7.95. The maximum atomic E-state index is 12.5. The van der Waals surface area contributed by atoms with Gasteiger partial charge < -0.3 is 14.4 Å². The Kier molecular flexibility index (Phi) is 4.55. The lowest BCUT2D eigenvalue weighted by molar-refractivity contribution is -0.132. The Morgan fingerprint density at radius 1 is 1.13 bits per heavy atom. The fourth-order valence-corrected chi connectivity index (χ4v) is 2.84. The molecule has 0 aromatic carbocycles. The van der Waals surface area contributed by atoms with Crippen LogP contribution in [0.2, 0.25) is 0 Å². The van der Waals surface area contributed by atoms with Crippen molar-refractivity contribution in [3.8, 4) is 0 Å². The third-order valence-electron chi connectivity index (χ3n) is 4.08. The molecule has 0 saturated carbocycles. The van der Waals surface area contributed by atoms with Crippen LogP contribution in [0, 0.1) is 0 Å². The number of nitrogens with zero attached hydrogens (tertiary/aromatic N) is 6. The van der Waals surface area contributed by atoms with Crippen LogP contribution in [0.3, 0.4) is 0 Å². The highest BCUT2D eigenvalue weighted by molar-refractivity contribution is 5.76.